The van der Waals surface area contributed by atoms with Gasteiger partial charge < -0.3 is 13.9 Å². The molecule has 34 heavy (non-hydrogen) atoms. The first-order chi connectivity index (χ1) is 16.2. The lowest BCUT2D eigenvalue weighted by atomic mass is 10.1. The maximum atomic E-state index is 13.2. The molecule has 0 fully saturated rings. The average molecular weight is 468 g/mol. The number of hydrogen-bond acceptors (Lipinski definition) is 4. The van der Waals surface area contributed by atoms with E-state index in [-0.39, 0.29) is 23.9 Å². The normalized spacial score (nSPS) is 13.4. The first-order valence-corrected chi connectivity index (χ1v) is 10.5. The second kappa shape index (κ2) is 8.05. The van der Waals surface area contributed by atoms with Gasteiger partial charge in [0, 0.05) is 24.7 Å². The summed E-state index contributed by atoms with van der Waals surface area (Å²) in [6.07, 6.45) is -2.39. The molecule has 10 heteroatoms. The molecule has 5 rings (SSSR count). The number of imidazole rings is 1. The van der Waals surface area contributed by atoms with Gasteiger partial charge in [-0.2, -0.15) is 13.2 Å². The summed E-state index contributed by atoms with van der Waals surface area (Å²) in [4.78, 5) is 30.7. The predicted octanol–water partition coefficient (Wildman–Crippen LogP) is 4.86. The molecular formula is C24H19F3N4O3. The highest BCUT2D eigenvalue weighted by atomic mass is 19.4. The maximum absolute atomic E-state index is 13.2. The highest BCUT2D eigenvalue weighted by molar-refractivity contribution is 6.05. The monoisotopic (exact) mass is 468 g/mol. The highest BCUT2D eigenvalue weighted by Gasteiger charge is 2.31. The summed E-state index contributed by atoms with van der Waals surface area (Å²) in [5.41, 5.74) is 1.70. The second-order valence-corrected chi connectivity index (χ2v) is 8.02. The molecule has 0 aliphatic carbocycles. The van der Waals surface area contributed by atoms with Gasteiger partial charge in [0.05, 0.1) is 29.4 Å². The fourth-order valence-corrected chi connectivity index (χ4v) is 4.16. The number of aromatic nitrogens is 2. The largest absolute Gasteiger partial charge is 0.467 e. The van der Waals surface area contributed by atoms with E-state index in [9.17, 15) is 22.8 Å². The van der Waals surface area contributed by atoms with Crippen LogP contribution in [0.3, 0.4) is 0 Å². The lowest BCUT2D eigenvalue weighted by Gasteiger charge is -2.15. The Hall–Kier alpha value is -4.08. The molecule has 2 amide bonds. The van der Waals surface area contributed by atoms with Gasteiger partial charge in [0.2, 0.25) is 11.9 Å². The van der Waals surface area contributed by atoms with Crippen LogP contribution < -0.4 is 10.2 Å². The number of carbonyl (C=O) groups is 2. The molecule has 0 unspecified atom stereocenters. The summed E-state index contributed by atoms with van der Waals surface area (Å²) in [6, 6.07) is 11.7. The Kier molecular flexibility index (Phi) is 5.15. The van der Waals surface area contributed by atoms with E-state index in [0.717, 1.165) is 23.4 Å². The van der Waals surface area contributed by atoms with Crippen LogP contribution in [0.1, 0.15) is 34.2 Å². The Morgan fingerprint density at radius 1 is 1.15 bits per heavy atom. The molecule has 2 aromatic carbocycles. The third kappa shape index (κ3) is 3.91. The third-order valence-electron chi connectivity index (χ3n) is 5.81. The third-order valence-corrected chi connectivity index (χ3v) is 5.81. The Balaban J connectivity index is 1.50. The van der Waals surface area contributed by atoms with Gasteiger partial charge in [-0.25, -0.2) is 4.98 Å². The van der Waals surface area contributed by atoms with E-state index in [2.05, 4.69) is 10.3 Å². The Morgan fingerprint density at radius 3 is 2.68 bits per heavy atom. The molecule has 2 aromatic heterocycles. The van der Waals surface area contributed by atoms with Gasteiger partial charge in [0.15, 0.2) is 0 Å². The number of fused-ring (bicyclic) bond motifs is 2. The van der Waals surface area contributed by atoms with Crippen LogP contribution in [0.2, 0.25) is 0 Å². The molecule has 0 atom stereocenters. The smallest absolute Gasteiger partial charge is 0.416 e. The van der Waals surface area contributed by atoms with Crippen molar-refractivity contribution >= 4 is 34.5 Å². The first kappa shape index (κ1) is 21.7. The summed E-state index contributed by atoms with van der Waals surface area (Å²) >= 11 is 0. The van der Waals surface area contributed by atoms with Gasteiger partial charge in [-0.15, -0.1) is 0 Å². The fraction of sp³-hybridized carbons (Fsp3) is 0.208. The number of carbonyl (C=O) groups excluding carboxylic acids is 2. The Labute approximate surface area is 191 Å². The molecule has 4 aromatic rings. The number of halogens is 3. The van der Waals surface area contributed by atoms with E-state index < -0.39 is 17.6 Å². The number of rotatable bonds is 4. The molecule has 3 heterocycles. The van der Waals surface area contributed by atoms with Crippen molar-refractivity contribution in [3.05, 3.63) is 77.2 Å². The average Bonchev–Trinajstić information content (AvgIpc) is 3.52. The summed E-state index contributed by atoms with van der Waals surface area (Å²) in [5.74, 6) is 0.120. The summed E-state index contributed by atoms with van der Waals surface area (Å²) in [6.45, 7) is 2.21. The second-order valence-electron chi connectivity index (χ2n) is 8.02. The topological polar surface area (TPSA) is 80.4 Å². The van der Waals surface area contributed by atoms with Crippen LogP contribution in [-0.4, -0.2) is 27.9 Å². The lowest BCUT2D eigenvalue weighted by molar-refractivity contribution is -0.137. The highest BCUT2D eigenvalue weighted by Crippen LogP contribution is 2.33. The number of alkyl halides is 3. The molecule has 1 aliphatic heterocycles. The summed E-state index contributed by atoms with van der Waals surface area (Å²) in [7, 11) is 0. The molecule has 0 saturated carbocycles. The number of furan rings is 1. The van der Waals surface area contributed by atoms with Gasteiger partial charge in [-0.3, -0.25) is 14.9 Å². The maximum Gasteiger partial charge on any atom is 0.416 e. The minimum absolute atomic E-state index is 0.0687. The van der Waals surface area contributed by atoms with Gasteiger partial charge in [-0.05, 0) is 60.5 Å². The number of nitrogens with one attached hydrogen (secondary N) is 1. The molecule has 1 aliphatic rings. The van der Waals surface area contributed by atoms with Crippen molar-refractivity contribution < 1.29 is 27.2 Å². The molecular weight excluding hydrogens is 449 g/mol. The number of nitrogens with zero attached hydrogens (tertiary/aromatic N) is 3. The number of anilines is 2. The molecule has 0 saturated heterocycles. The minimum Gasteiger partial charge on any atom is -0.467 e. The number of benzene rings is 2. The van der Waals surface area contributed by atoms with Crippen molar-refractivity contribution in [3.63, 3.8) is 0 Å². The Morgan fingerprint density at radius 2 is 1.97 bits per heavy atom. The van der Waals surface area contributed by atoms with E-state index >= 15 is 0 Å². The van der Waals surface area contributed by atoms with Crippen molar-refractivity contribution in [1.82, 2.24) is 9.55 Å². The first-order valence-electron chi connectivity index (χ1n) is 10.5. The Bertz CT molecular complexity index is 1410. The standard InChI is InChI=1S/C24H19F3N4O3/c1-14(32)30-9-8-15-11-16(4-6-20(15)30)22(33)29-23-28-19-12-17(24(25,26)27)5-7-21(19)31(23)13-18-3-2-10-34-18/h2-7,10-12H,8-9,13H2,1H3,(H,28,29,33). The number of amides is 2. The van der Waals surface area contributed by atoms with E-state index in [1.54, 1.807) is 39.8 Å². The molecule has 1 N–H and O–H groups in total. The van der Waals surface area contributed by atoms with Crippen LogP contribution in [0.15, 0.2) is 59.2 Å². The molecule has 0 bridgehead atoms. The SMILES string of the molecule is CC(=O)N1CCc2cc(C(=O)Nc3nc4cc(C(F)(F)F)ccc4n3Cc3ccco3)ccc21. The van der Waals surface area contributed by atoms with Crippen LogP contribution in [0, 0.1) is 0 Å². The van der Waals surface area contributed by atoms with Gasteiger partial charge in [-0.1, -0.05) is 0 Å². The van der Waals surface area contributed by atoms with Crippen molar-refractivity contribution in [2.24, 2.45) is 0 Å². The van der Waals surface area contributed by atoms with Crippen molar-refractivity contribution in [3.8, 4) is 0 Å². The van der Waals surface area contributed by atoms with Crippen LogP contribution in [0.25, 0.3) is 11.0 Å². The summed E-state index contributed by atoms with van der Waals surface area (Å²) in [5, 5.41) is 2.72. The predicted molar refractivity (Wildman–Crippen MR) is 119 cm³/mol. The van der Waals surface area contributed by atoms with Crippen molar-refractivity contribution in [2.45, 2.75) is 26.1 Å². The van der Waals surface area contributed by atoms with E-state index in [1.807, 2.05) is 0 Å². The zero-order valence-electron chi connectivity index (χ0n) is 18.0. The minimum atomic E-state index is -4.51. The van der Waals surface area contributed by atoms with E-state index in [0.29, 0.717) is 29.8 Å². The lowest BCUT2D eigenvalue weighted by Crippen LogP contribution is -2.25. The van der Waals surface area contributed by atoms with E-state index in [1.165, 1.54) is 19.3 Å². The molecule has 0 radical (unpaired) electrons. The fourth-order valence-electron chi connectivity index (χ4n) is 4.16. The number of hydrogen-bond donors (Lipinski definition) is 1. The zero-order chi connectivity index (χ0) is 24.0. The van der Waals surface area contributed by atoms with Crippen LogP contribution in [0.5, 0.6) is 0 Å². The van der Waals surface area contributed by atoms with Crippen molar-refractivity contribution in [1.29, 1.82) is 0 Å². The molecule has 7 nitrogen and oxygen atoms in total. The zero-order valence-corrected chi connectivity index (χ0v) is 18.0. The van der Waals surface area contributed by atoms with Crippen LogP contribution >= 0.6 is 0 Å². The van der Waals surface area contributed by atoms with Gasteiger partial charge >= 0.3 is 6.18 Å². The van der Waals surface area contributed by atoms with Crippen LogP contribution in [0.4, 0.5) is 24.8 Å². The van der Waals surface area contributed by atoms with Gasteiger partial charge in [0.25, 0.3) is 5.91 Å². The van der Waals surface area contributed by atoms with Crippen molar-refractivity contribution in [2.75, 3.05) is 16.8 Å². The van der Waals surface area contributed by atoms with E-state index in [4.69, 9.17) is 4.42 Å². The van der Waals surface area contributed by atoms with Crippen LogP contribution in [-0.2, 0) is 23.9 Å². The molecule has 0 spiro atoms. The molecule has 174 valence electrons. The van der Waals surface area contributed by atoms with Gasteiger partial charge in [0.1, 0.15) is 5.76 Å². The summed E-state index contributed by atoms with van der Waals surface area (Å²) < 4.78 is 46.6. The quantitative estimate of drug-likeness (QED) is 0.464.